The quantitative estimate of drug-likeness (QED) is 0.502. The van der Waals surface area contributed by atoms with Crippen molar-refractivity contribution in [2.45, 2.75) is 58.6 Å². The van der Waals surface area contributed by atoms with Crippen LogP contribution in [0.4, 0.5) is 0 Å². The van der Waals surface area contributed by atoms with Crippen molar-refractivity contribution in [2.75, 3.05) is 19.7 Å². The van der Waals surface area contributed by atoms with Crippen molar-refractivity contribution in [3.63, 3.8) is 0 Å². The lowest BCUT2D eigenvalue weighted by Gasteiger charge is -2.32. The van der Waals surface area contributed by atoms with Gasteiger partial charge < -0.3 is 18.6 Å². The van der Waals surface area contributed by atoms with Crippen LogP contribution in [0.15, 0.2) is 38.0 Å². The first-order valence-corrected chi connectivity index (χ1v) is 11.3. The number of likely N-dealkylation sites (tertiary alicyclic amines) is 1. The molecular formula is C23H30N4O5. The molecule has 0 bridgehead atoms. The van der Waals surface area contributed by atoms with Crippen molar-refractivity contribution in [2.24, 2.45) is 5.92 Å². The molecule has 3 aromatic rings. The minimum atomic E-state index is -0.433. The zero-order valence-electron chi connectivity index (χ0n) is 18.7. The van der Waals surface area contributed by atoms with Crippen LogP contribution in [0.25, 0.3) is 11.1 Å². The first-order valence-electron chi connectivity index (χ1n) is 11.3. The maximum atomic E-state index is 12.8. The van der Waals surface area contributed by atoms with E-state index in [9.17, 15) is 9.59 Å². The van der Waals surface area contributed by atoms with Gasteiger partial charge >= 0.3 is 5.76 Å². The smallest absolute Gasteiger partial charge is 0.408 e. The van der Waals surface area contributed by atoms with Crippen LogP contribution in [-0.4, -0.2) is 51.3 Å². The van der Waals surface area contributed by atoms with E-state index in [1.165, 1.54) is 4.57 Å². The summed E-state index contributed by atoms with van der Waals surface area (Å²) < 4.78 is 18.0. The fourth-order valence-electron chi connectivity index (χ4n) is 4.03. The molecule has 9 heteroatoms. The monoisotopic (exact) mass is 442 g/mol. The highest BCUT2D eigenvalue weighted by molar-refractivity contribution is 5.77. The standard InChI is InChI=1S/C23H30N4O5/c1-16(2)14-21-24-20(25-32-21)10-13-30-17-6-5-11-26(15-17)22(28)9-12-27-18-7-3-4-8-19(18)31-23(27)29/h3-4,7-8,16-17H,5-6,9-15H2,1-2H3. The van der Waals surface area contributed by atoms with E-state index in [4.69, 9.17) is 13.7 Å². The Kier molecular flexibility index (Phi) is 7.04. The molecule has 1 fully saturated rings. The molecule has 1 atom stereocenters. The predicted octanol–water partition coefficient (Wildman–Crippen LogP) is 2.82. The number of aromatic nitrogens is 3. The second-order valence-electron chi connectivity index (χ2n) is 8.66. The van der Waals surface area contributed by atoms with Crippen molar-refractivity contribution in [1.82, 2.24) is 19.6 Å². The van der Waals surface area contributed by atoms with E-state index in [1.54, 1.807) is 6.07 Å². The summed E-state index contributed by atoms with van der Waals surface area (Å²) in [5.41, 5.74) is 1.25. The van der Waals surface area contributed by atoms with Crippen LogP contribution < -0.4 is 5.76 Å². The van der Waals surface area contributed by atoms with Crippen molar-refractivity contribution in [3.8, 4) is 0 Å². The Labute approximate surface area is 186 Å². The van der Waals surface area contributed by atoms with Crippen LogP contribution in [0, 0.1) is 5.92 Å². The lowest BCUT2D eigenvalue weighted by Crippen LogP contribution is -2.43. The number of benzene rings is 1. The Morgan fingerprint density at radius 3 is 3.00 bits per heavy atom. The molecule has 0 spiro atoms. The molecule has 1 amide bonds. The van der Waals surface area contributed by atoms with E-state index in [2.05, 4.69) is 24.0 Å². The summed E-state index contributed by atoms with van der Waals surface area (Å²) in [4.78, 5) is 31.1. The number of carbonyl (C=O) groups is 1. The fourth-order valence-corrected chi connectivity index (χ4v) is 4.03. The van der Waals surface area contributed by atoms with Gasteiger partial charge in [0.15, 0.2) is 11.4 Å². The summed E-state index contributed by atoms with van der Waals surface area (Å²) in [5, 5.41) is 4.01. The van der Waals surface area contributed by atoms with E-state index < -0.39 is 5.76 Å². The molecule has 0 radical (unpaired) electrons. The number of ether oxygens (including phenoxy) is 1. The van der Waals surface area contributed by atoms with Gasteiger partial charge in [0.05, 0.1) is 18.2 Å². The molecule has 1 aliphatic rings. The van der Waals surface area contributed by atoms with Gasteiger partial charge in [-0.1, -0.05) is 31.1 Å². The Balaban J connectivity index is 1.24. The number of fused-ring (bicyclic) bond motifs is 1. The Bertz CT molecular complexity index is 1100. The first kappa shape index (κ1) is 22.3. The SMILES string of the molecule is CC(C)Cc1nc(CCOC2CCCN(C(=O)CCn3c(=O)oc4ccccc43)C2)no1. The van der Waals surface area contributed by atoms with E-state index in [-0.39, 0.29) is 18.4 Å². The van der Waals surface area contributed by atoms with E-state index in [0.29, 0.717) is 61.4 Å². The van der Waals surface area contributed by atoms with Gasteiger partial charge in [-0.2, -0.15) is 4.98 Å². The molecule has 0 aliphatic carbocycles. The van der Waals surface area contributed by atoms with E-state index in [0.717, 1.165) is 19.3 Å². The van der Waals surface area contributed by atoms with Crippen LogP contribution in [0.5, 0.6) is 0 Å². The largest absolute Gasteiger partial charge is 0.419 e. The third-order valence-corrected chi connectivity index (χ3v) is 5.63. The van der Waals surface area contributed by atoms with Gasteiger partial charge in [-0.05, 0) is 30.9 Å². The van der Waals surface area contributed by atoms with Crippen LogP contribution >= 0.6 is 0 Å². The summed E-state index contributed by atoms with van der Waals surface area (Å²) in [5.74, 6) is 1.37. The highest BCUT2D eigenvalue weighted by Gasteiger charge is 2.24. The fraction of sp³-hybridized carbons (Fsp3) is 0.565. The Hall–Kier alpha value is -2.94. The lowest BCUT2D eigenvalue weighted by molar-refractivity contribution is -0.135. The first-order chi connectivity index (χ1) is 15.5. The lowest BCUT2D eigenvalue weighted by atomic mass is 10.1. The van der Waals surface area contributed by atoms with Crippen LogP contribution in [0.2, 0.25) is 0 Å². The third kappa shape index (κ3) is 5.45. The summed E-state index contributed by atoms with van der Waals surface area (Å²) >= 11 is 0. The minimum Gasteiger partial charge on any atom is -0.408 e. The van der Waals surface area contributed by atoms with Gasteiger partial charge in [-0.15, -0.1) is 0 Å². The molecule has 3 heterocycles. The highest BCUT2D eigenvalue weighted by Crippen LogP contribution is 2.16. The third-order valence-electron chi connectivity index (χ3n) is 5.63. The van der Waals surface area contributed by atoms with Gasteiger partial charge in [0.25, 0.3) is 0 Å². The predicted molar refractivity (Wildman–Crippen MR) is 117 cm³/mol. The average molecular weight is 443 g/mol. The molecule has 0 saturated carbocycles. The van der Waals surface area contributed by atoms with Gasteiger partial charge in [0, 0.05) is 38.9 Å². The molecular weight excluding hydrogens is 412 g/mol. The van der Waals surface area contributed by atoms with E-state index in [1.807, 2.05) is 23.1 Å². The van der Waals surface area contributed by atoms with E-state index >= 15 is 0 Å². The van der Waals surface area contributed by atoms with Crippen molar-refractivity contribution in [3.05, 3.63) is 46.5 Å². The minimum absolute atomic E-state index is 0.00721. The second-order valence-corrected chi connectivity index (χ2v) is 8.66. The molecule has 0 N–H and O–H groups in total. The molecule has 4 rings (SSSR count). The maximum Gasteiger partial charge on any atom is 0.419 e. The van der Waals surface area contributed by atoms with Gasteiger partial charge in [0.2, 0.25) is 11.8 Å². The highest BCUT2D eigenvalue weighted by atomic mass is 16.5. The zero-order chi connectivity index (χ0) is 22.5. The summed E-state index contributed by atoms with van der Waals surface area (Å²) in [7, 11) is 0. The van der Waals surface area contributed by atoms with Gasteiger partial charge in [-0.3, -0.25) is 9.36 Å². The van der Waals surface area contributed by atoms with Crippen molar-refractivity contribution < 1.29 is 18.5 Å². The number of para-hydroxylation sites is 2. The van der Waals surface area contributed by atoms with Crippen LogP contribution in [0.1, 0.15) is 44.8 Å². The summed E-state index contributed by atoms with van der Waals surface area (Å²) in [6.45, 7) is 6.28. The molecule has 9 nitrogen and oxygen atoms in total. The van der Waals surface area contributed by atoms with Gasteiger partial charge in [0.1, 0.15) is 0 Å². The normalized spacial score (nSPS) is 16.8. The van der Waals surface area contributed by atoms with Crippen molar-refractivity contribution >= 4 is 17.0 Å². The number of carbonyl (C=O) groups excluding carboxylic acids is 1. The summed E-state index contributed by atoms with van der Waals surface area (Å²) in [6, 6.07) is 7.24. The number of aryl methyl sites for hydroxylation is 1. The topological polar surface area (TPSA) is 104 Å². The van der Waals surface area contributed by atoms with Crippen molar-refractivity contribution in [1.29, 1.82) is 0 Å². The molecule has 1 aliphatic heterocycles. The molecule has 1 aromatic carbocycles. The number of nitrogens with zero attached hydrogens (tertiary/aromatic N) is 4. The molecule has 32 heavy (non-hydrogen) atoms. The number of hydrogen-bond acceptors (Lipinski definition) is 7. The average Bonchev–Trinajstić information content (AvgIpc) is 3.34. The summed E-state index contributed by atoms with van der Waals surface area (Å²) in [6.07, 6.45) is 3.41. The number of hydrogen-bond donors (Lipinski definition) is 0. The van der Waals surface area contributed by atoms with Gasteiger partial charge in [-0.25, -0.2) is 4.79 Å². The van der Waals surface area contributed by atoms with Crippen LogP contribution in [0.3, 0.4) is 0 Å². The number of rotatable bonds is 9. The van der Waals surface area contributed by atoms with Crippen LogP contribution in [-0.2, 0) is 28.9 Å². The number of piperidine rings is 1. The molecule has 1 saturated heterocycles. The molecule has 1 unspecified atom stereocenters. The second kappa shape index (κ2) is 10.1. The molecule has 172 valence electrons. The number of oxazole rings is 1. The Morgan fingerprint density at radius 2 is 2.16 bits per heavy atom. The Morgan fingerprint density at radius 1 is 1.31 bits per heavy atom. The molecule has 2 aromatic heterocycles. The zero-order valence-corrected chi connectivity index (χ0v) is 18.7. The maximum absolute atomic E-state index is 12.8. The number of amides is 1.